The number of hydrogen-bond donors (Lipinski definition) is 2. The third-order valence-corrected chi connectivity index (χ3v) is 15.0. The zero-order valence-corrected chi connectivity index (χ0v) is 26.3. The molecule has 1 aliphatic carbocycles. The summed E-state index contributed by atoms with van der Waals surface area (Å²) in [5.41, 5.74) is -3.36. The van der Waals surface area contributed by atoms with E-state index in [1.165, 1.54) is 0 Å². The summed E-state index contributed by atoms with van der Waals surface area (Å²) in [4.78, 5) is 27.4. The highest BCUT2D eigenvalue weighted by Gasteiger charge is 2.71. The molecule has 6 nitrogen and oxygen atoms in total. The standard InChI is InChI=1S/C26H50ClNO5Si2/c1-24(2,3)35(8,9)33-21(19-13-11-10-12-14-19)26(23(30)32-17-18-34(5,6)7)25(4,31)20(15-16-27)22(29)28-26/h19-21,31H,10-18H2,1-9H3,(H,28,29)/t20-,21+,25-,26-/m0/s1. The molecule has 204 valence electrons. The normalized spacial score (nSPS) is 29.7. The third kappa shape index (κ3) is 6.54. The number of halogens is 1. The molecule has 1 saturated heterocycles. The van der Waals surface area contributed by atoms with E-state index in [2.05, 4.69) is 58.8 Å². The Morgan fingerprint density at radius 3 is 2.23 bits per heavy atom. The predicted octanol–water partition coefficient (Wildman–Crippen LogP) is 5.70. The van der Waals surface area contributed by atoms with Crippen molar-refractivity contribution in [2.75, 3.05) is 12.5 Å². The van der Waals surface area contributed by atoms with Gasteiger partial charge in [0.15, 0.2) is 13.9 Å². The Morgan fingerprint density at radius 2 is 1.74 bits per heavy atom. The Labute approximate surface area is 220 Å². The summed E-state index contributed by atoms with van der Waals surface area (Å²) in [5.74, 6) is -1.47. The molecule has 1 aliphatic heterocycles. The number of nitrogens with one attached hydrogen (secondary N) is 1. The number of amides is 1. The zero-order chi connectivity index (χ0) is 26.9. The van der Waals surface area contributed by atoms with Gasteiger partial charge in [0.2, 0.25) is 5.91 Å². The molecule has 0 aromatic rings. The van der Waals surface area contributed by atoms with Crippen molar-refractivity contribution >= 4 is 39.9 Å². The van der Waals surface area contributed by atoms with Crippen LogP contribution < -0.4 is 5.32 Å². The molecule has 1 heterocycles. The molecule has 0 bridgehead atoms. The van der Waals surface area contributed by atoms with Crippen molar-refractivity contribution in [2.24, 2.45) is 11.8 Å². The number of ether oxygens (including phenoxy) is 1. The van der Waals surface area contributed by atoms with E-state index in [4.69, 9.17) is 20.8 Å². The average molecular weight is 548 g/mol. The van der Waals surface area contributed by atoms with Crippen LogP contribution in [-0.4, -0.2) is 63.1 Å². The lowest BCUT2D eigenvalue weighted by molar-refractivity contribution is -0.176. The minimum atomic E-state index is -2.39. The Bertz CT molecular complexity index is 756. The number of esters is 1. The highest BCUT2D eigenvalue weighted by atomic mass is 35.5. The second kappa shape index (κ2) is 11.1. The van der Waals surface area contributed by atoms with Crippen LogP contribution in [0.3, 0.4) is 0 Å². The lowest BCUT2D eigenvalue weighted by Gasteiger charge is -2.51. The molecule has 1 amide bonds. The maximum absolute atomic E-state index is 14.1. The van der Waals surface area contributed by atoms with Crippen molar-refractivity contribution in [1.29, 1.82) is 0 Å². The van der Waals surface area contributed by atoms with E-state index in [1.54, 1.807) is 6.92 Å². The molecule has 0 spiro atoms. The van der Waals surface area contributed by atoms with Crippen molar-refractivity contribution < 1.29 is 23.9 Å². The lowest BCUT2D eigenvalue weighted by atomic mass is 9.67. The van der Waals surface area contributed by atoms with Gasteiger partial charge in [-0.25, -0.2) is 4.79 Å². The summed E-state index contributed by atoms with van der Waals surface area (Å²) in [6.07, 6.45) is 4.65. The van der Waals surface area contributed by atoms with E-state index in [-0.39, 0.29) is 35.8 Å². The minimum Gasteiger partial charge on any atom is -0.464 e. The molecular weight excluding hydrogens is 498 g/mol. The fourth-order valence-electron chi connectivity index (χ4n) is 5.23. The monoisotopic (exact) mass is 547 g/mol. The number of hydrogen-bond acceptors (Lipinski definition) is 5. The van der Waals surface area contributed by atoms with Gasteiger partial charge in [-0.05, 0) is 56.3 Å². The summed E-state index contributed by atoms with van der Waals surface area (Å²) in [7, 11) is -3.84. The summed E-state index contributed by atoms with van der Waals surface area (Å²) < 4.78 is 13.0. The molecule has 9 heteroatoms. The Morgan fingerprint density at radius 1 is 1.17 bits per heavy atom. The van der Waals surface area contributed by atoms with E-state index in [0.717, 1.165) is 38.1 Å². The minimum absolute atomic E-state index is 0.0453. The largest absolute Gasteiger partial charge is 0.464 e. The van der Waals surface area contributed by atoms with Crippen LogP contribution >= 0.6 is 11.6 Å². The number of carbonyl (C=O) groups is 2. The molecule has 2 aliphatic rings. The molecule has 2 fully saturated rings. The molecular formula is C26H50ClNO5Si2. The van der Waals surface area contributed by atoms with Gasteiger partial charge >= 0.3 is 5.97 Å². The van der Waals surface area contributed by atoms with Crippen molar-refractivity contribution in [3.8, 4) is 0 Å². The van der Waals surface area contributed by atoms with Gasteiger partial charge in [-0.1, -0.05) is 59.7 Å². The van der Waals surface area contributed by atoms with Crippen LogP contribution in [-0.2, 0) is 18.8 Å². The highest BCUT2D eigenvalue weighted by molar-refractivity contribution is 6.76. The number of aliphatic hydroxyl groups is 1. The van der Waals surface area contributed by atoms with E-state index in [1.807, 2.05) is 0 Å². The van der Waals surface area contributed by atoms with E-state index >= 15 is 0 Å². The summed E-state index contributed by atoms with van der Waals surface area (Å²) in [6, 6.07) is 0.813. The van der Waals surface area contributed by atoms with E-state index in [0.29, 0.717) is 0 Å². The Balaban J connectivity index is 2.63. The van der Waals surface area contributed by atoms with Gasteiger partial charge in [0.05, 0.1) is 18.6 Å². The quantitative estimate of drug-likeness (QED) is 0.208. The van der Waals surface area contributed by atoms with Crippen molar-refractivity contribution in [2.45, 2.75) is 127 Å². The number of carbonyl (C=O) groups excluding carboxylic acids is 2. The number of alkyl halides is 1. The summed E-state index contributed by atoms with van der Waals surface area (Å²) in [6.45, 7) is 19.4. The summed E-state index contributed by atoms with van der Waals surface area (Å²) >= 11 is 6.05. The lowest BCUT2D eigenvalue weighted by Crippen LogP contribution is -2.73. The SMILES string of the molecule is CC(C)(C)[Si](C)(C)O[C@H](C1CCCCC1)[C@@]1(C(=O)OCC[Si](C)(C)C)NC(=O)[C@H](CCCl)[C@]1(C)O. The molecule has 2 N–H and O–H groups in total. The molecule has 0 unspecified atom stereocenters. The average Bonchev–Trinajstić information content (AvgIpc) is 2.92. The van der Waals surface area contributed by atoms with Gasteiger partial charge in [0, 0.05) is 14.0 Å². The fourth-order valence-corrected chi connectivity index (χ4v) is 7.52. The van der Waals surface area contributed by atoms with Crippen molar-refractivity contribution in [3.63, 3.8) is 0 Å². The second-order valence-corrected chi connectivity index (χ2v) is 24.4. The van der Waals surface area contributed by atoms with Gasteiger partial charge in [-0.15, -0.1) is 11.6 Å². The van der Waals surface area contributed by atoms with Crippen LogP contribution in [0.15, 0.2) is 0 Å². The van der Waals surface area contributed by atoms with Gasteiger partial charge in [0.1, 0.15) is 5.60 Å². The first-order valence-corrected chi connectivity index (χ1v) is 20.5. The van der Waals surface area contributed by atoms with Crippen molar-refractivity contribution in [1.82, 2.24) is 5.32 Å². The number of rotatable bonds is 10. The fraction of sp³-hybridized carbons (Fsp3) is 0.923. The smallest absolute Gasteiger partial charge is 0.337 e. The van der Waals surface area contributed by atoms with E-state index in [9.17, 15) is 14.7 Å². The first kappa shape index (κ1) is 30.8. The van der Waals surface area contributed by atoms with Crippen molar-refractivity contribution in [3.05, 3.63) is 0 Å². The van der Waals surface area contributed by atoms with Crippen LogP contribution in [0, 0.1) is 11.8 Å². The second-order valence-electron chi connectivity index (χ2n) is 13.6. The molecule has 4 atom stereocenters. The summed E-state index contributed by atoms with van der Waals surface area (Å²) in [5, 5.41) is 15.0. The molecule has 0 radical (unpaired) electrons. The Hall–Kier alpha value is -0.416. The van der Waals surface area contributed by atoms with Gasteiger partial charge in [-0.2, -0.15) is 0 Å². The molecule has 35 heavy (non-hydrogen) atoms. The maximum atomic E-state index is 14.1. The topological polar surface area (TPSA) is 84.9 Å². The molecule has 0 aromatic heterocycles. The molecule has 1 saturated carbocycles. The zero-order valence-electron chi connectivity index (χ0n) is 23.6. The first-order valence-electron chi connectivity index (χ1n) is 13.4. The van der Waals surface area contributed by atoms with Gasteiger partial charge < -0.3 is 19.6 Å². The highest BCUT2D eigenvalue weighted by Crippen LogP contribution is 2.49. The van der Waals surface area contributed by atoms with Crippen LogP contribution in [0.5, 0.6) is 0 Å². The van der Waals surface area contributed by atoms with Gasteiger partial charge in [-0.3, -0.25) is 4.79 Å². The predicted molar refractivity (Wildman–Crippen MR) is 148 cm³/mol. The van der Waals surface area contributed by atoms with Crippen LogP contribution in [0.1, 0.15) is 66.2 Å². The molecule has 0 aromatic carbocycles. The third-order valence-electron chi connectivity index (χ3n) is 8.65. The maximum Gasteiger partial charge on any atom is 0.337 e. The Kier molecular flexibility index (Phi) is 9.80. The van der Waals surface area contributed by atoms with E-state index < -0.39 is 45.5 Å². The van der Waals surface area contributed by atoms with Crippen LogP contribution in [0.2, 0.25) is 43.8 Å². The van der Waals surface area contributed by atoms with Crippen LogP contribution in [0.25, 0.3) is 0 Å². The molecule has 2 rings (SSSR count). The van der Waals surface area contributed by atoms with Gasteiger partial charge in [0.25, 0.3) is 0 Å². The first-order chi connectivity index (χ1) is 15.9. The van der Waals surface area contributed by atoms with Crippen LogP contribution in [0.4, 0.5) is 0 Å².